The van der Waals surface area contributed by atoms with E-state index >= 15 is 0 Å². The van der Waals surface area contributed by atoms with Crippen molar-refractivity contribution < 1.29 is 6.11 Å². The summed E-state index contributed by atoms with van der Waals surface area (Å²) >= 11 is -1.92. The number of hydrogen-bond donors (Lipinski definition) is 2. The van der Waals surface area contributed by atoms with E-state index in [1.54, 1.807) is 0 Å². The molecule has 3 radical (unpaired) electrons. The molecule has 4 heteroatoms. The second kappa shape index (κ2) is 8.83. The summed E-state index contributed by atoms with van der Waals surface area (Å²) in [6, 6.07) is 0. The molecule has 0 aromatic rings. The van der Waals surface area contributed by atoms with Crippen molar-refractivity contribution in [2.24, 2.45) is 0 Å². The summed E-state index contributed by atoms with van der Waals surface area (Å²) in [7, 11) is 0. The second-order valence-corrected chi connectivity index (χ2v) is 0.877. The van der Waals surface area contributed by atoms with Gasteiger partial charge in [-0.15, -0.1) is 0 Å². The van der Waals surface area contributed by atoms with Crippen LogP contribution in [0.25, 0.3) is 0 Å². The normalized spacial score (nSPS) is 4.50. The average Bonchev–Trinajstić information content (AvgIpc) is 0.918. The van der Waals surface area contributed by atoms with Crippen LogP contribution < -0.4 is 0 Å². The van der Waals surface area contributed by atoms with Crippen LogP contribution in [0.15, 0.2) is 0 Å². The van der Waals surface area contributed by atoms with Gasteiger partial charge in [0.1, 0.15) is 0 Å². The first-order valence-electron chi connectivity index (χ1n) is 0.447. The van der Waals surface area contributed by atoms with Crippen molar-refractivity contribution in [3.05, 3.63) is 0 Å². The van der Waals surface area contributed by atoms with Crippen molar-refractivity contribution in [3.63, 3.8) is 0 Å². The quantitative estimate of drug-likeness (QED) is 0.493. The fourth-order valence-electron chi connectivity index (χ4n) is 0. The second-order valence-electron chi connectivity index (χ2n) is 0.100. The van der Waals surface area contributed by atoms with E-state index in [1.165, 1.54) is 0 Å². The molecule has 0 bridgehead atoms. The molecule has 0 aliphatic rings. The molecule has 0 fully saturated rings. The third-order valence-electron chi connectivity index (χ3n) is 0. The van der Waals surface area contributed by atoms with E-state index in [2.05, 4.69) is 0 Å². The zero-order chi connectivity index (χ0) is 2.71. The number of hydrogen-bond acceptors (Lipinski definition) is 2. The molecule has 0 aliphatic heterocycles. The molecule has 2 nitrogen and oxygen atoms in total. The Bertz CT molecular complexity index is 6.00. The predicted octanol–water partition coefficient (Wildman–Crippen LogP) is -1.88. The van der Waals surface area contributed by atoms with Gasteiger partial charge in [0.15, 0.2) is 0 Å². The molecule has 4 heavy (non-hydrogen) atoms. The molecule has 0 saturated heterocycles. The van der Waals surface area contributed by atoms with Crippen molar-refractivity contribution in [1.29, 1.82) is 0 Å². The van der Waals surface area contributed by atoms with Crippen LogP contribution in [0.5, 0.6) is 0 Å². The summed E-state index contributed by atoms with van der Waals surface area (Å²) in [5.41, 5.74) is 0. The molecule has 0 rings (SSSR count). The molecular weight excluding hydrogens is 246 g/mol. The third kappa shape index (κ3) is 9.88. The molecule has 0 atom stereocenters. The van der Waals surface area contributed by atoms with Crippen molar-refractivity contribution in [2.75, 3.05) is 0 Å². The Balaban J connectivity index is 0. The summed E-state index contributed by atoms with van der Waals surface area (Å²) in [6.45, 7) is 0. The first-order chi connectivity index (χ1) is 1.41. The zero-order valence-electron chi connectivity index (χ0n) is 2.39. The standard InChI is InChI=1S/Li.2H2O.Pb/h;2*1H2;/q;;;+2/p-2. The average molecular weight is 248 g/mol. The van der Waals surface area contributed by atoms with Gasteiger partial charge in [0, 0.05) is 18.9 Å². The Morgan fingerprint density at radius 1 is 1.25 bits per heavy atom. The Morgan fingerprint density at radius 3 is 1.25 bits per heavy atom. The molecule has 2 N–H and O–H groups in total. The minimum absolute atomic E-state index is 0. The van der Waals surface area contributed by atoms with Gasteiger partial charge in [-0.25, -0.2) is 0 Å². The van der Waals surface area contributed by atoms with Gasteiger partial charge in [-0.3, -0.25) is 0 Å². The van der Waals surface area contributed by atoms with Crippen LogP contribution in [0.4, 0.5) is 0 Å². The van der Waals surface area contributed by atoms with Crippen LogP contribution in [0.3, 0.4) is 0 Å². The molecule has 0 saturated carbocycles. The zero-order valence-corrected chi connectivity index (χ0v) is 6.28. The van der Waals surface area contributed by atoms with Gasteiger partial charge in [0.05, 0.1) is 0 Å². The Kier molecular flexibility index (Phi) is 20.0. The van der Waals surface area contributed by atoms with E-state index in [0.717, 1.165) is 0 Å². The van der Waals surface area contributed by atoms with E-state index in [-0.39, 0.29) is 18.9 Å². The van der Waals surface area contributed by atoms with Gasteiger partial charge >= 0.3 is 31.3 Å². The van der Waals surface area contributed by atoms with Gasteiger partial charge in [0.25, 0.3) is 0 Å². The molecule has 19 valence electrons. The minimum atomic E-state index is -1.92. The monoisotopic (exact) mass is 249 g/mol. The van der Waals surface area contributed by atoms with Crippen LogP contribution >= 0.6 is 0 Å². The first-order valence-corrected chi connectivity index (χ1v) is 3.92. The number of rotatable bonds is 0. The fourth-order valence-corrected chi connectivity index (χ4v) is 0. The Labute approximate surface area is 49.9 Å². The fraction of sp³-hybridized carbons (Fsp3) is 0. The predicted molar refractivity (Wildman–Crippen MR) is 15.9 cm³/mol. The molecule has 0 unspecified atom stereocenters. The van der Waals surface area contributed by atoms with Crippen LogP contribution in [-0.4, -0.2) is 50.1 Å². The van der Waals surface area contributed by atoms with Crippen LogP contribution in [-0.2, 0) is 0 Å². The van der Waals surface area contributed by atoms with E-state index in [4.69, 9.17) is 6.11 Å². The van der Waals surface area contributed by atoms with Gasteiger partial charge in [0.2, 0.25) is 0 Å². The summed E-state index contributed by atoms with van der Waals surface area (Å²) in [5.74, 6) is 0. The molecule has 0 amide bonds. The van der Waals surface area contributed by atoms with Crippen molar-refractivity contribution >= 4 is 44.0 Å². The maximum absolute atomic E-state index is 7.32. The van der Waals surface area contributed by atoms with Gasteiger partial charge < -0.3 is 0 Å². The topological polar surface area (TPSA) is 40.5 Å². The summed E-state index contributed by atoms with van der Waals surface area (Å²) < 4.78 is 14.6. The van der Waals surface area contributed by atoms with E-state index in [0.29, 0.717) is 0 Å². The molecule has 0 spiro atoms. The third-order valence-corrected chi connectivity index (χ3v) is 0. The summed E-state index contributed by atoms with van der Waals surface area (Å²) in [5, 5.41) is 0. The van der Waals surface area contributed by atoms with Crippen LogP contribution in [0, 0.1) is 0 Å². The molecule has 0 aromatic heterocycles. The summed E-state index contributed by atoms with van der Waals surface area (Å²) in [6.07, 6.45) is 0. The van der Waals surface area contributed by atoms with Crippen molar-refractivity contribution in [3.8, 4) is 0 Å². The summed E-state index contributed by atoms with van der Waals surface area (Å²) in [4.78, 5) is 0. The van der Waals surface area contributed by atoms with Crippen LogP contribution in [0.2, 0.25) is 0 Å². The van der Waals surface area contributed by atoms with Gasteiger partial charge in [-0.05, 0) is 0 Å². The Hall–Kier alpha value is 1.44. The van der Waals surface area contributed by atoms with Crippen molar-refractivity contribution in [2.45, 2.75) is 0 Å². The van der Waals surface area contributed by atoms with Crippen LogP contribution in [0.1, 0.15) is 0 Å². The van der Waals surface area contributed by atoms with Gasteiger partial charge in [-0.1, -0.05) is 0 Å². The maximum atomic E-state index is 7.32. The van der Waals surface area contributed by atoms with E-state index in [1.807, 2.05) is 0 Å². The SMILES string of the molecule is [Li].[OH][Pb][OH]. The van der Waals surface area contributed by atoms with E-state index in [9.17, 15) is 0 Å². The van der Waals surface area contributed by atoms with Gasteiger partial charge in [-0.2, -0.15) is 0 Å². The molecule has 0 heterocycles. The Morgan fingerprint density at radius 2 is 1.25 bits per heavy atom. The molecule has 0 aromatic carbocycles. The van der Waals surface area contributed by atoms with E-state index < -0.39 is 25.1 Å². The van der Waals surface area contributed by atoms with Crippen molar-refractivity contribution in [1.82, 2.24) is 0 Å². The molecular formula is H2LiO2Pb. The molecule has 0 aliphatic carbocycles. The first kappa shape index (κ1) is 9.06.